The zero-order valence-corrected chi connectivity index (χ0v) is 12.1. The van der Waals surface area contributed by atoms with Crippen molar-refractivity contribution in [3.05, 3.63) is 23.8 Å². The molecule has 2 heteroatoms. The van der Waals surface area contributed by atoms with Crippen LogP contribution in [0, 0.1) is 5.92 Å². The first-order chi connectivity index (χ1) is 9.24. The fraction of sp³-hybridized carbons (Fsp3) is 0.647. The largest absolute Gasteiger partial charge is 0.489 e. The first kappa shape index (κ1) is 12.8. The molecule has 0 spiro atoms. The normalized spacial score (nSPS) is 23.6. The summed E-state index contributed by atoms with van der Waals surface area (Å²) in [4.78, 5) is 0. The molecule has 1 unspecified atom stereocenters. The van der Waals surface area contributed by atoms with Crippen molar-refractivity contribution in [3.63, 3.8) is 0 Å². The SMILES string of the molecule is CC(C)c1ccc2c(c1)NC(C1CCCCC1)CO2. The van der Waals surface area contributed by atoms with Gasteiger partial charge in [0.1, 0.15) is 12.4 Å². The lowest BCUT2D eigenvalue weighted by Crippen LogP contribution is -2.38. The van der Waals surface area contributed by atoms with E-state index in [1.165, 1.54) is 43.4 Å². The molecule has 19 heavy (non-hydrogen) atoms. The molecule has 1 atom stereocenters. The minimum Gasteiger partial charge on any atom is -0.489 e. The Morgan fingerprint density at radius 1 is 1.16 bits per heavy atom. The number of fused-ring (bicyclic) bond motifs is 1. The van der Waals surface area contributed by atoms with E-state index in [-0.39, 0.29) is 0 Å². The highest BCUT2D eigenvalue weighted by Gasteiger charge is 2.28. The second kappa shape index (κ2) is 5.44. The molecule has 1 saturated carbocycles. The Labute approximate surface area is 116 Å². The van der Waals surface area contributed by atoms with E-state index in [1.807, 2.05) is 0 Å². The van der Waals surface area contributed by atoms with Gasteiger partial charge in [-0.1, -0.05) is 39.2 Å². The second-order valence-electron chi connectivity index (χ2n) is 6.37. The number of hydrogen-bond acceptors (Lipinski definition) is 2. The van der Waals surface area contributed by atoms with Crippen LogP contribution in [0.15, 0.2) is 18.2 Å². The summed E-state index contributed by atoms with van der Waals surface area (Å²) in [5.74, 6) is 2.39. The molecule has 2 aliphatic rings. The average molecular weight is 259 g/mol. The van der Waals surface area contributed by atoms with Gasteiger partial charge in [-0.05, 0) is 42.4 Å². The van der Waals surface area contributed by atoms with Crippen LogP contribution in [0.1, 0.15) is 57.4 Å². The van der Waals surface area contributed by atoms with Crippen LogP contribution in [0.4, 0.5) is 5.69 Å². The van der Waals surface area contributed by atoms with Gasteiger partial charge in [-0.3, -0.25) is 0 Å². The number of ether oxygens (including phenoxy) is 1. The maximum absolute atomic E-state index is 5.96. The summed E-state index contributed by atoms with van der Waals surface area (Å²) in [5.41, 5.74) is 2.59. The lowest BCUT2D eigenvalue weighted by Gasteiger charge is -2.35. The highest BCUT2D eigenvalue weighted by atomic mass is 16.5. The Kier molecular flexibility index (Phi) is 3.67. The van der Waals surface area contributed by atoms with Crippen molar-refractivity contribution in [2.24, 2.45) is 5.92 Å². The molecule has 3 rings (SSSR count). The van der Waals surface area contributed by atoms with Gasteiger partial charge in [0.15, 0.2) is 0 Å². The van der Waals surface area contributed by atoms with Crippen molar-refractivity contribution < 1.29 is 4.74 Å². The zero-order chi connectivity index (χ0) is 13.2. The van der Waals surface area contributed by atoms with Gasteiger partial charge in [0, 0.05) is 0 Å². The highest BCUT2D eigenvalue weighted by molar-refractivity contribution is 5.60. The number of rotatable bonds is 2. The second-order valence-corrected chi connectivity index (χ2v) is 6.37. The van der Waals surface area contributed by atoms with E-state index in [4.69, 9.17) is 4.74 Å². The smallest absolute Gasteiger partial charge is 0.142 e. The predicted octanol–water partition coefficient (Wildman–Crippen LogP) is 4.56. The summed E-state index contributed by atoms with van der Waals surface area (Å²) < 4.78 is 5.96. The quantitative estimate of drug-likeness (QED) is 0.840. The van der Waals surface area contributed by atoms with E-state index in [0.717, 1.165) is 18.3 Å². The third-order valence-corrected chi connectivity index (χ3v) is 4.65. The van der Waals surface area contributed by atoms with Crippen molar-refractivity contribution in [1.82, 2.24) is 0 Å². The number of anilines is 1. The van der Waals surface area contributed by atoms with Crippen molar-refractivity contribution in [2.75, 3.05) is 11.9 Å². The Balaban J connectivity index is 1.76. The number of hydrogen-bond donors (Lipinski definition) is 1. The van der Waals surface area contributed by atoms with Gasteiger partial charge in [0.25, 0.3) is 0 Å². The van der Waals surface area contributed by atoms with Gasteiger partial charge in [-0.15, -0.1) is 0 Å². The molecular formula is C17H25NO. The lowest BCUT2D eigenvalue weighted by molar-refractivity contribution is 0.214. The van der Waals surface area contributed by atoms with Gasteiger partial charge in [-0.2, -0.15) is 0 Å². The molecule has 1 aromatic carbocycles. The molecule has 104 valence electrons. The van der Waals surface area contributed by atoms with Crippen LogP contribution >= 0.6 is 0 Å². The molecule has 1 aromatic rings. The first-order valence-corrected chi connectivity index (χ1v) is 7.77. The van der Waals surface area contributed by atoms with Crippen LogP contribution in [0.3, 0.4) is 0 Å². The van der Waals surface area contributed by atoms with E-state index in [9.17, 15) is 0 Å². The summed E-state index contributed by atoms with van der Waals surface area (Å²) in [5, 5.41) is 3.74. The highest BCUT2D eigenvalue weighted by Crippen LogP contribution is 2.36. The van der Waals surface area contributed by atoms with Crippen LogP contribution in [0.5, 0.6) is 5.75 Å². The molecule has 1 N–H and O–H groups in total. The van der Waals surface area contributed by atoms with Gasteiger partial charge in [-0.25, -0.2) is 0 Å². The van der Waals surface area contributed by atoms with Crippen LogP contribution in [-0.2, 0) is 0 Å². The number of benzene rings is 1. The summed E-state index contributed by atoms with van der Waals surface area (Å²) in [6.45, 7) is 5.31. The third-order valence-electron chi connectivity index (χ3n) is 4.65. The molecule has 1 aliphatic carbocycles. The summed E-state index contributed by atoms with van der Waals surface area (Å²) in [6, 6.07) is 7.09. The number of nitrogens with one attached hydrogen (secondary N) is 1. The van der Waals surface area contributed by atoms with Crippen molar-refractivity contribution in [3.8, 4) is 5.75 Å². The zero-order valence-electron chi connectivity index (χ0n) is 12.1. The molecule has 0 amide bonds. The van der Waals surface area contributed by atoms with Crippen LogP contribution in [-0.4, -0.2) is 12.6 Å². The summed E-state index contributed by atoms with van der Waals surface area (Å²) in [7, 11) is 0. The van der Waals surface area contributed by atoms with E-state index < -0.39 is 0 Å². The van der Waals surface area contributed by atoms with Crippen molar-refractivity contribution >= 4 is 5.69 Å². The Morgan fingerprint density at radius 3 is 2.68 bits per heavy atom. The third kappa shape index (κ3) is 2.72. The van der Waals surface area contributed by atoms with Gasteiger partial charge in [0.05, 0.1) is 11.7 Å². The van der Waals surface area contributed by atoms with Gasteiger partial charge in [0.2, 0.25) is 0 Å². The summed E-state index contributed by atoms with van der Waals surface area (Å²) in [6.07, 6.45) is 6.92. The van der Waals surface area contributed by atoms with E-state index in [1.54, 1.807) is 0 Å². The van der Waals surface area contributed by atoms with Crippen LogP contribution < -0.4 is 10.1 Å². The lowest BCUT2D eigenvalue weighted by atomic mass is 9.83. The molecule has 0 saturated heterocycles. The van der Waals surface area contributed by atoms with Crippen molar-refractivity contribution in [2.45, 2.75) is 57.9 Å². The topological polar surface area (TPSA) is 21.3 Å². The Hall–Kier alpha value is -1.18. The Bertz CT molecular complexity index is 435. The average Bonchev–Trinajstić information content (AvgIpc) is 2.47. The maximum Gasteiger partial charge on any atom is 0.142 e. The molecule has 0 radical (unpaired) electrons. The Morgan fingerprint density at radius 2 is 1.95 bits per heavy atom. The van der Waals surface area contributed by atoms with Crippen molar-refractivity contribution in [1.29, 1.82) is 0 Å². The van der Waals surface area contributed by atoms with E-state index >= 15 is 0 Å². The van der Waals surface area contributed by atoms with Gasteiger partial charge < -0.3 is 10.1 Å². The molecule has 1 heterocycles. The van der Waals surface area contributed by atoms with Crippen LogP contribution in [0.25, 0.3) is 0 Å². The molecule has 2 nitrogen and oxygen atoms in total. The predicted molar refractivity (Wildman–Crippen MR) is 80.0 cm³/mol. The van der Waals surface area contributed by atoms with Gasteiger partial charge >= 0.3 is 0 Å². The fourth-order valence-electron chi connectivity index (χ4n) is 3.36. The fourth-order valence-corrected chi connectivity index (χ4v) is 3.36. The monoisotopic (exact) mass is 259 g/mol. The van der Waals surface area contributed by atoms with E-state index in [0.29, 0.717) is 12.0 Å². The van der Waals surface area contributed by atoms with E-state index in [2.05, 4.69) is 37.4 Å². The molecule has 0 aromatic heterocycles. The maximum atomic E-state index is 5.96. The minimum atomic E-state index is 0.509. The molecular weight excluding hydrogens is 234 g/mol. The molecule has 1 aliphatic heterocycles. The summed E-state index contributed by atoms with van der Waals surface area (Å²) >= 11 is 0. The molecule has 0 bridgehead atoms. The standard InChI is InChI=1S/C17H25NO/c1-12(2)14-8-9-17-15(10-14)18-16(11-19-17)13-6-4-3-5-7-13/h8-10,12-13,16,18H,3-7,11H2,1-2H3. The first-order valence-electron chi connectivity index (χ1n) is 7.77. The minimum absolute atomic E-state index is 0.509. The molecule has 1 fully saturated rings. The van der Waals surface area contributed by atoms with Crippen LogP contribution in [0.2, 0.25) is 0 Å².